The van der Waals surface area contributed by atoms with Gasteiger partial charge in [-0.2, -0.15) is 5.10 Å². The van der Waals surface area contributed by atoms with E-state index in [2.05, 4.69) is 48.5 Å². The first-order valence-corrected chi connectivity index (χ1v) is 7.61. The quantitative estimate of drug-likeness (QED) is 0.823. The van der Waals surface area contributed by atoms with Crippen molar-refractivity contribution < 1.29 is 5.11 Å². The van der Waals surface area contributed by atoms with Gasteiger partial charge in [0.25, 0.3) is 0 Å². The molecule has 0 saturated carbocycles. The molecule has 0 bridgehead atoms. The highest BCUT2D eigenvalue weighted by atomic mass is 16.3. The summed E-state index contributed by atoms with van der Waals surface area (Å²) in [5.41, 5.74) is 3.51. The highest BCUT2D eigenvalue weighted by molar-refractivity contribution is 5.47. The van der Waals surface area contributed by atoms with E-state index < -0.39 is 0 Å². The van der Waals surface area contributed by atoms with Gasteiger partial charge in [0.1, 0.15) is 5.82 Å². The van der Waals surface area contributed by atoms with Crippen LogP contribution in [0.1, 0.15) is 30.2 Å². The van der Waals surface area contributed by atoms with Crippen molar-refractivity contribution in [1.82, 2.24) is 9.78 Å². The lowest BCUT2D eigenvalue weighted by Crippen LogP contribution is -2.24. The van der Waals surface area contributed by atoms with E-state index in [1.807, 2.05) is 17.7 Å². The van der Waals surface area contributed by atoms with Gasteiger partial charge in [-0.3, -0.25) is 0 Å². The van der Waals surface area contributed by atoms with E-state index >= 15 is 0 Å². The Labute approximate surface area is 126 Å². The molecule has 0 saturated heterocycles. The number of rotatable bonds is 7. The van der Waals surface area contributed by atoms with Crippen LogP contribution in [0.15, 0.2) is 30.3 Å². The molecule has 2 rings (SSSR count). The topological polar surface area (TPSA) is 50.1 Å². The highest BCUT2D eigenvalue weighted by Crippen LogP contribution is 2.21. The lowest BCUT2D eigenvalue weighted by atomic mass is 10.0. The number of hydrogen-bond acceptors (Lipinski definition) is 3. The minimum Gasteiger partial charge on any atom is -0.394 e. The summed E-state index contributed by atoms with van der Waals surface area (Å²) in [7, 11) is 0. The summed E-state index contributed by atoms with van der Waals surface area (Å²) in [6, 6.07) is 10.9. The lowest BCUT2D eigenvalue weighted by Gasteiger charge is -2.20. The van der Waals surface area contributed by atoms with Crippen LogP contribution in [-0.2, 0) is 13.0 Å². The second-order valence-electron chi connectivity index (χ2n) is 5.44. The zero-order valence-corrected chi connectivity index (χ0v) is 13.1. The normalized spacial score (nSPS) is 12.4. The van der Waals surface area contributed by atoms with E-state index in [1.165, 1.54) is 5.56 Å². The summed E-state index contributed by atoms with van der Waals surface area (Å²) in [5.74, 6) is 1.03. The Morgan fingerprint density at radius 3 is 2.57 bits per heavy atom. The minimum atomic E-state index is 0.102. The fraction of sp³-hybridized carbons (Fsp3) is 0.471. The van der Waals surface area contributed by atoms with Crippen LogP contribution in [0.3, 0.4) is 0 Å². The smallest absolute Gasteiger partial charge is 0.127 e. The van der Waals surface area contributed by atoms with E-state index in [4.69, 9.17) is 0 Å². The van der Waals surface area contributed by atoms with Gasteiger partial charge in [0, 0.05) is 11.6 Å². The third kappa shape index (κ3) is 3.85. The van der Waals surface area contributed by atoms with Crippen molar-refractivity contribution in [3.63, 3.8) is 0 Å². The average Bonchev–Trinajstić information content (AvgIpc) is 2.75. The summed E-state index contributed by atoms with van der Waals surface area (Å²) in [6.07, 6.45) is 2.03. The summed E-state index contributed by atoms with van der Waals surface area (Å²) in [4.78, 5) is 0. The molecule has 1 aromatic carbocycles. The molecule has 0 aliphatic heterocycles. The molecule has 1 heterocycles. The van der Waals surface area contributed by atoms with Crippen molar-refractivity contribution >= 4 is 5.82 Å². The fourth-order valence-electron chi connectivity index (χ4n) is 2.50. The predicted molar refractivity (Wildman–Crippen MR) is 86.6 cm³/mol. The molecular weight excluding hydrogens is 262 g/mol. The van der Waals surface area contributed by atoms with E-state index in [9.17, 15) is 5.11 Å². The minimum absolute atomic E-state index is 0.102. The number of nitrogens with zero attached hydrogens (tertiary/aromatic N) is 2. The molecule has 1 unspecified atom stereocenters. The van der Waals surface area contributed by atoms with Gasteiger partial charge in [0.2, 0.25) is 0 Å². The summed E-state index contributed by atoms with van der Waals surface area (Å²) in [5, 5.41) is 17.3. The Morgan fingerprint density at radius 1 is 1.24 bits per heavy atom. The van der Waals surface area contributed by atoms with Gasteiger partial charge in [-0.25, -0.2) is 4.68 Å². The van der Waals surface area contributed by atoms with Crippen molar-refractivity contribution in [3.05, 3.63) is 47.2 Å². The van der Waals surface area contributed by atoms with Crippen molar-refractivity contribution in [3.8, 4) is 0 Å². The molecule has 0 aliphatic rings. The maximum absolute atomic E-state index is 9.18. The number of aromatic nitrogens is 2. The monoisotopic (exact) mass is 287 g/mol. The first-order valence-electron chi connectivity index (χ1n) is 7.61. The molecule has 4 nitrogen and oxygen atoms in total. The zero-order valence-electron chi connectivity index (χ0n) is 13.1. The van der Waals surface area contributed by atoms with Crippen LogP contribution in [0.5, 0.6) is 0 Å². The van der Waals surface area contributed by atoms with Gasteiger partial charge in [0.15, 0.2) is 0 Å². The molecular formula is C17H25N3O. The number of anilines is 1. The largest absolute Gasteiger partial charge is 0.394 e. The van der Waals surface area contributed by atoms with Gasteiger partial charge in [-0.1, -0.05) is 37.3 Å². The average molecular weight is 287 g/mol. The number of hydrogen-bond donors (Lipinski definition) is 2. The van der Waals surface area contributed by atoms with Crippen molar-refractivity contribution in [2.75, 3.05) is 11.9 Å². The van der Waals surface area contributed by atoms with Gasteiger partial charge in [-0.05, 0) is 32.3 Å². The lowest BCUT2D eigenvalue weighted by molar-refractivity contribution is 0.270. The Balaban J connectivity index is 2.14. The van der Waals surface area contributed by atoms with Gasteiger partial charge >= 0.3 is 0 Å². The van der Waals surface area contributed by atoms with Crippen LogP contribution in [0.2, 0.25) is 0 Å². The molecule has 0 amide bonds. The molecule has 1 atom stereocenters. The van der Waals surface area contributed by atoms with Crippen LogP contribution in [0.4, 0.5) is 5.82 Å². The summed E-state index contributed by atoms with van der Waals surface area (Å²) in [6.45, 7) is 6.90. The third-order valence-electron chi connectivity index (χ3n) is 3.90. The van der Waals surface area contributed by atoms with Crippen LogP contribution in [0.25, 0.3) is 0 Å². The van der Waals surface area contributed by atoms with Crippen molar-refractivity contribution in [2.24, 2.45) is 0 Å². The maximum atomic E-state index is 9.18. The molecule has 114 valence electrons. The van der Waals surface area contributed by atoms with Crippen molar-refractivity contribution in [2.45, 2.75) is 46.2 Å². The Bertz CT molecular complexity index is 563. The maximum Gasteiger partial charge on any atom is 0.127 e. The van der Waals surface area contributed by atoms with E-state index in [1.54, 1.807) is 0 Å². The SMILES string of the molecule is CCC(Cc1ccccc1)Nc1c(C)c(C)nn1CCO. The molecule has 1 aromatic heterocycles. The summed E-state index contributed by atoms with van der Waals surface area (Å²) >= 11 is 0. The second-order valence-corrected chi connectivity index (χ2v) is 5.44. The van der Waals surface area contributed by atoms with Gasteiger partial charge < -0.3 is 10.4 Å². The Morgan fingerprint density at radius 2 is 1.95 bits per heavy atom. The molecule has 0 aliphatic carbocycles. The number of aliphatic hydroxyl groups is 1. The molecule has 2 aromatic rings. The molecule has 4 heteroatoms. The van der Waals surface area contributed by atoms with E-state index in [0.29, 0.717) is 12.6 Å². The summed E-state index contributed by atoms with van der Waals surface area (Å²) < 4.78 is 1.87. The molecule has 2 N–H and O–H groups in total. The molecule has 0 spiro atoms. The number of benzene rings is 1. The molecule has 0 fully saturated rings. The van der Waals surface area contributed by atoms with Crippen LogP contribution >= 0.6 is 0 Å². The first-order chi connectivity index (χ1) is 10.2. The highest BCUT2D eigenvalue weighted by Gasteiger charge is 2.15. The zero-order chi connectivity index (χ0) is 15.2. The fourth-order valence-corrected chi connectivity index (χ4v) is 2.50. The standard InChI is InChI=1S/C17H25N3O/c1-4-16(12-15-8-6-5-7-9-15)18-17-13(2)14(3)19-20(17)10-11-21/h5-9,16,18,21H,4,10-12H2,1-3H3. The first kappa shape index (κ1) is 15.6. The predicted octanol–water partition coefficient (Wildman–Crippen LogP) is 2.93. The van der Waals surface area contributed by atoms with Crippen LogP contribution < -0.4 is 5.32 Å². The molecule has 0 radical (unpaired) electrons. The second kappa shape index (κ2) is 7.27. The Kier molecular flexibility index (Phi) is 5.39. The third-order valence-corrected chi connectivity index (χ3v) is 3.90. The van der Waals surface area contributed by atoms with E-state index in [0.717, 1.165) is 29.9 Å². The molecule has 21 heavy (non-hydrogen) atoms. The van der Waals surface area contributed by atoms with Crippen molar-refractivity contribution in [1.29, 1.82) is 0 Å². The van der Waals surface area contributed by atoms with Gasteiger partial charge in [-0.15, -0.1) is 0 Å². The number of aryl methyl sites for hydroxylation is 1. The number of aliphatic hydroxyl groups excluding tert-OH is 1. The number of nitrogens with one attached hydrogen (secondary N) is 1. The van der Waals surface area contributed by atoms with Crippen LogP contribution in [-0.4, -0.2) is 27.5 Å². The van der Waals surface area contributed by atoms with Gasteiger partial charge in [0.05, 0.1) is 18.8 Å². The van der Waals surface area contributed by atoms with E-state index in [-0.39, 0.29) is 6.61 Å². The Hall–Kier alpha value is -1.81. The van der Waals surface area contributed by atoms with Crippen LogP contribution in [0, 0.1) is 13.8 Å².